The summed E-state index contributed by atoms with van der Waals surface area (Å²) in [7, 11) is 0. The van der Waals surface area contributed by atoms with Gasteiger partial charge in [-0.2, -0.15) is 13.2 Å². The first-order valence-electron chi connectivity index (χ1n) is 10.1. The molecular formula is C22H27ClF3N3O2. The number of aryl methyl sites for hydroxylation is 1. The molecule has 0 aromatic heterocycles. The SMILES string of the molecule is Cl.O=C(Nc1ccc(CCCCOc2cccc(C(F)(F)F)c2)cc1)N1CCNCC1. The quantitative estimate of drug-likeness (QED) is 0.577. The van der Waals surface area contributed by atoms with E-state index in [1.807, 2.05) is 24.3 Å². The van der Waals surface area contributed by atoms with Gasteiger partial charge in [0.25, 0.3) is 0 Å². The molecule has 0 saturated carbocycles. The van der Waals surface area contributed by atoms with Crippen LogP contribution in [0.4, 0.5) is 23.7 Å². The van der Waals surface area contributed by atoms with Crippen LogP contribution in [0.15, 0.2) is 48.5 Å². The average Bonchev–Trinajstić information content (AvgIpc) is 2.75. The minimum atomic E-state index is -4.37. The average molecular weight is 458 g/mol. The van der Waals surface area contributed by atoms with Gasteiger partial charge < -0.3 is 20.3 Å². The van der Waals surface area contributed by atoms with Gasteiger partial charge in [-0.15, -0.1) is 12.4 Å². The molecule has 2 amide bonds. The zero-order chi connectivity index (χ0) is 21.4. The topological polar surface area (TPSA) is 53.6 Å². The van der Waals surface area contributed by atoms with Crippen LogP contribution < -0.4 is 15.4 Å². The summed E-state index contributed by atoms with van der Waals surface area (Å²) < 4.78 is 43.6. The van der Waals surface area contributed by atoms with Gasteiger partial charge in [-0.25, -0.2) is 4.79 Å². The molecular weight excluding hydrogens is 431 g/mol. The van der Waals surface area contributed by atoms with Crippen LogP contribution >= 0.6 is 12.4 Å². The number of alkyl halides is 3. The van der Waals surface area contributed by atoms with Gasteiger partial charge in [-0.05, 0) is 55.2 Å². The maximum atomic E-state index is 12.7. The smallest absolute Gasteiger partial charge is 0.416 e. The second kappa shape index (κ2) is 11.8. The van der Waals surface area contributed by atoms with Crippen LogP contribution in [0.25, 0.3) is 0 Å². The summed E-state index contributed by atoms with van der Waals surface area (Å²) >= 11 is 0. The van der Waals surface area contributed by atoms with Crippen molar-refractivity contribution in [3.05, 3.63) is 59.7 Å². The lowest BCUT2D eigenvalue weighted by Crippen LogP contribution is -2.48. The highest BCUT2D eigenvalue weighted by molar-refractivity contribution is 5.89. The summed E-state index contributed by atoms with van der Waals surface area (Å²) in [6, 6.07) is 12.6. The van der Waals surface area contributed by atoms with E-state index in [1.54, 1.807) is 4.90 Å². The number of hydrogen-bond donors (Lipinski definition) is 2. The predicted molar refractivity (Wildman–Crippen MR) is 117 cm³/mol. The van der Waals surface area contributed by atoms with Gasteiger partial charge >= 0.3 is 12.2 Å². The maximum absolute atomic E-state index is 12.7. The highest BCUT2D eigenvalue weighted by atomic mass is 35.5. The number of benzene rings is 2. The van der Waals surface area contributed by atoms with E-state index in [-0.39, 0.29) is 24.2 Å². The van der Waals surface area contributed by atoms with Crippen molar-refractivity contribution in [1.82, 2.24) is 10.2 Å². The Kier molecular flexibility index (Phi) is 9.45. The molecule has 1 heterocycles. The number of amides is 2. The second-order valence-corrected chi connectivity index (χ2v) is 7.20. The summed E-state index contributed by atoms with van der Waals surface area (Å²) in [6.07, 6.45) is -1.95. The van der Waals surface area contributed by atoms with Gasteiger partial charge in [-0.3, -0.25) is 0 Å². The minimum Gasteiger partial charge on any atom is -0.494 e. The number of hydrogen-bond acceptors (Lipinski definition) is 3. The van der Waals surface area contributed by atoms with E-state index in [0.717, 1.165) is 55.7 Å². The van der Waals surface area contributed by atoms with Gasteiger partial charge in [0.15, 0.2) is 0 Å². The largest absolute Gasteiger partial charge is 0.494 e. The van der Waals surface area contributed by atoms with Crippen LogP contribution in [-0.4, -0.2) is 43.7 Å². The normalized spacial score (nSPS) is 14.0. The molecule has 2 aromatic carbocycles. The monoisotopic (exact) mass is 457 g/mol. The number of urea groups is 1. The van der Waals surface area contributed by atoms with Crippen LogP contribution in [0, 0.1) is 0 Å². The van der Waals surface area contributed by atoms with Crippen LogP contribution in [-0.2, 0) is 12.6 Å². The number of carbonyl (C=O) groups is 1. The predicted octanol–water partition coefficient (Wildman–Crippen LogP) is 4.97. The van der Waals surface area contributed by atoms with Gasteiger partial charge in [0.2, 0.25) is 0 Å². The van der Waals surface area contributed by atoms with Gasteiger partial charge in [0.05, 0.1) is 12.2 Å². The van der Waals surface area contributed by atoms with E-state index < -0.39 is 11.7 Å². The molecule has 2 aromatic rings. The molecule has 170 valence electrons. The number of anilines is 1. The Balaban J connectivity index is 0.00000341. The Morgan fingerprint density at radius 1 is 1.06 bits per heavy atom. The number of carbonyl (C=O) groups excluding carboxylic acids is 1. The minimum absolute atomic E-state index is 0. The lowest BCUT2D eigenvalue weighted by Gasteiger charge is -2.27. The molecule has 0 unspecified atom stereocenters. The molecule has 31 heavy (non-hydrogen) atoms. The maximum Gasteiger partial charge on any atom is 0.416 e. The van der Waals surface area contributed by atoms with Crippen molar-refractivity contribution >= 4 is 24.1 Å². The fourth-order valence-electron chi connectivity index (χ4n) is 3.21. The van der Waals surface area contributed by atoms with Crippen LogP contribution in [0.1, 0.15) is 24.0 Å². The number of ether oxygens (including phenoxy) is 1. The lowest BCUT2D eigenvalue weighted by molar-refractivity contribution is -0.137. The number of piperazine rings is 1. The van der Waals surface area contributed by atoms with Crippen molar-refractivity contribution < 1.29 is 22.7 Å². The number of halogens is 4. The third kappa shape index (κ3) is 7.95. The fourth-order valence-corrected chi connectivity index (χ4v) is 3.21. The summed E-state index contributed by atoms with van der Waals surface area (Å²) in [5.41, 5.74) is 1.19. The summed E-state index contributed by atoms with van der Waals surface area (Å²) in [4.78, 5) is 14.0. The number of unbranched alkanes of at least 4 members (excludes halogenated alkanes) is 1. The lowest BCUT2D eigenvalue weighted by atomic mass is 10.1. The Labute approximate surface area is 186 Å². The van der Waals surface area contributed by atoms with E-state index in [4.69, 9.17) is 4.74 Å². The van der Waals surface area contributed by atoms with Crippen molar-refractivity contribution in [1.29, 1.82) is 0 Å². The number of nitrogens with one attached hydrogen (secondary N) is 2. The first-order valence-corrected chi connectivity index (χ1v) is 10.1. The highest BCUT2D eigenvalue weighted by Crippen LogP contribution is 2.31. The molecule has 0 aliphatic carbocycles. The molecule has 1 aliphatic heterocycles. The molecule has 9 heteroatoms. The zero-order valence-corrected chi connectivity index (χ0v) is 17.9. The zero-order valence-electron chi connectivity index (χ0n) is 17.1. The molecule has 3 rings (SSSR count). The van der Waals surface area contributed by atoms with Crippen LogP contribution in [0.2, 0.25) is 0 Å². The Morgan fingerprint density at radius 3 is 2.45 bits per heavy atom. The van der Waals surface area contributed by atoms with Crippen molar-refractivity contribution in [3.63, 3.8) is 0 Å². The molecule has 2 N–H and O–H groups in total. The first kappa shape index (κ1) is 24.8. The van der Waals surface area contributed by atoms with Crippen LogP contribution in [0.5, 0.6) is 5.75 Å². The van der Waals surface area contributed by atoms with E-state index in [9.17, 15) is 18.0 Å². The van der Waals surface area contributed by atoms with Gasteiger partial charge in [-0.1, -0.05) is 18.2 Å². The second-order valence-electron chi connectivity index (χ2n) is 7.20. The Bertz CT molecular complexity index is 825. The van der Waals surface area contributed by atoms with E-state index in [2.05, 4.69) is 10.6 Å². The molecule has 0 bridgehead atoms. The van der Waals surface area contributed by atoms with E-state index >= 15 is 0 Å². The molecule has 1 saturated heterocycles. The number of rotatable bonds is 7. The van der Waals surface area contributed by atoms with Crippen molar-refractivity contribution in [2.45, 2.75) is 25.4 Å². The molecule has 0 radical (unpaired) electrons. The third-order valence-corrected chi connectivity index (χ3v) is 4.90. The fraction of sp³-hybridized carbons (Fsp3) is 0.409. The van der Waals surface area contributed by atoms with Gasteiger partial charge in [0, 0.05) is 31.9 Å². The summed E-state index contributed by atoms with van der Waals surface area (Å²) in [5, 5.41) is 6.12. The van der Waals surface area contributed by atoms with Crippen LogP contribution in [0.3, 0.4) is 0 Å². The molecule has 5 nitrogen and oxygen atoms in total. The summed E-state index contributed by atoms with van der Waals surface area (Å²) in [6.45, 7) is 3.38. The first-order chi connectivity index (χ1) is 14.4. The van der Waals surface area contributed by atoms with Crippen molar-refractivity contribution in [2.75, 3.05) is 38.1 Å². The Morgan fingerprint density at radius 2 is 1.77 bits per heavy atom. The van der Waals surface area contributed by atoms with E-state index in [1.165, 1.54) is 12.1 Å². The van der Waals surface area contributed by atoms with Gasteiger partial charge in [0.1, 0.15) is 5.75 Å². The van der Waals surface area contributed by atoms with Crippen molar-refractivity contribution in [3.8, 4) is 5.75 Å². The molecule has 1 aliphatic rings. The molecule has 1 fully saturated rings. The van der Waals surface area contributed by atoms with Crippen molar-refractivity contribution in [2.24, 2.45) is 0 Å². The third-order valence-electron chi connectivity index (χ3n) is 4.90. The summed E-state index contributed by atoms with van der Waals surface area (Å²) in [5.74, 6) is 0.231. The molecule has 0 atom stereocenters. The highest BCUT2D eigenvalue weighted by Gasteiger charge is 2.30. The standard InChI is InChI=1S/C22H26F3N3O2.ClH/c23-22(24,25)18-5-3-6-20(16-18)30-15-2-1-4-17-7-9-19(10-8-17)27-21(29)28-13-11-26-12-14-28;/h3,5-10,16,26H,1-2,4,11-15H2,(H,27,29);1H. The molecule has 0 spiro atoms. The number of nitrogens with zero attached hydrogens (tertiary/aromatic N) is 1. The Hall–Kier alpha value is -2.45. The van der Waals surface area contributed by atoms with E-state index in [0.29, 0.717) is 19.7 Å².